The summed E-state index contributed by atoms with van der Waals surface area (Å²) < 4.78 is 5.77. The van der Waals surface area contributed by atoms with Crippen molar-refractivity contribution in [2.75, 3.05) is 6.61 Å². The van der Waals surface area contributed by atoms with Crippen LogP contribution in [-0.2, 0) is 4.74 Å². The maximum Gasteiger partial charge on any atom is 0.107 e. The predicted octanol–water partition coefficient (Wildman–Crippen LogP) is 3.04. The van der Waals surface area contributed by atoms with E-state index in [-0.39, 0.29) is 12.7 Å². The Balaban J connectivity index is 1.83. The fraction of sp³-hybridized carbons (Fsp3) is 0.263. The minimum atomic E-state index is -0.610. The van der Waals surface area contributed by atoms with Gasteiger partial charge in [0.1, 0.15) is 6.10 Å². The van der Waals surface area contributed by atoms with Gasteiger partial charge in [-0.2, -0.15) is 0 Å². The summed E-state index contributed by atoms with van der Waals surface area (Å²) in [6.45, 7) is -0.153. The highest BCUT2D eigenvalue weighted by molar-refractivity contribution is 5.71. The maximum atomic E-state index is 9.92. The molecule has 0 aliphatic carbocycles. The lowest BCUT2D eigenvalue weighted by atomic mass is 9.98. The van der Waals surface area contributed by atoms with Crippen molar-refractivity contribution in [3.05, 3.63) is 71.3 Å². The summed E-state index contributed by atoms with van der Waals surface area (Å²) in [5.74, 6) is 0. The van der Waals surface area contributed by atoms with Gasteiger partial charge in [-0.05, 0) is 16.7 Å². The molecule has 3 nitrogen and oxygen atoms in total. The Morgan fingerprint density at radius 3 is 2.45 bits per heavy atom. The van der Waals surface area contributed by atoms with Crippen molar-refractivity contribution in [3.63, 3.8) is 0 Å². The molecule has 1 saturated heterocycles. The van der Waals surface area contributed by atoms with Gasteiger partial charge in [-0.25, -0.2) is 0 Å². The molecule has 1 aliphatic rings. The molecule has 1 fully saturated rings. The first-order valence-electron chi connectivity index (χ1n) is 7.54. The van der Waals surface area contributed by atoms with Crippen LogP contribution in [0, 0.1) is 0 Å². The average molecular weight is 296 g/mol. The molecule has 3 atom stereocenters. The van der Waals surface area contributed by atoms with E-state index in [9.17, 15) is 10.2 Å². The minimum absolute atomic E-state index is 0.153. The van der Waals surface area contributed by atoms with E-state index in [0.717, 1.165) is 16.7 Å². The number of aliphatic hydroxyl groups is 2. The van der Waals surface area contributed by atoms with Crippen LogP contribution in [0.1, 0.15) is 29.2 Å². The largest absolute Gasteiger partial charge is 0.394 e. The van der Waals surface area contributed by atoms with E-state index in [2.05, 4.69) is 24.3 Å². The van der Waals surface area contributed by atoms with Crippen molar-refractivity contribution in [2.24, 2.45) is 0 Å². The van der Waals surface area contributed by atoms with Gasteiger partial charge in [-0.15, -0.1) is 0 Å². The predicted molar refractivity (Wildman–Crippen MR) is 87.1 cm³/mol. The molecule has 2 aromatic carbocycles. The molecule has 1 heterocycles. The van der Waals surface area contributed by atoms with Gasteiger partial charge >= 0.3 is 0 Å². The fourth-order valence-corrected chi connectivity index (χ4v) is 2.80. The van der Waals surface area contributed by atoms with Crippen LogP contribution in [0.15, 0.2) is 54.6 Å². The van der Waals surface area contributed by atoms with E-state index < -0.39 is 12.2 Å². The summed E-state index contributed by atoms with van der Waals surface area (Å²) in [7, 11) is 0. The van der Waals surface area contributed by atoms with E-state index in [0.29, 0.717) is 6.42 Å². The first kappa shape index (κ1) is 15.0. The van der Waals surface area contributed by atoms with Gasteiger partial charge in [0.15, 0.2) is 0 Å². The third-order valence-electron chi connectivity index (χ3n) is 4.00. The quantitative estimate of drug-likeness (QED) is 0.853. The van der Waals surface area contributed by atoms with Crippen LogP contribution in [0.5, 0.6) is 0 Å². The minimum Gasteiger partial charge on any atom is -0.394 e. The number of ether oxygens (including phenoxy) is 1. The summed E-state index contributed by atoms with van der Waals surface area (Å²) in [5, 5.41) is 19.1. The van der Waals surface area contributed by atoms with Crippen molar-refractivity contribution in [1.29, 1.82) is 0 Å². The number of hydrogen-bond acceptors (Lipinski definition) is 3. The second kappa shape index (κ2) is 6.88. The fourth-order valence-electron chi connectivity index (χ4n) is 2.80. The molecule has 22 heavy (non-hydrogen) atoms. The molecule has 114 valence electrons. The Bertz CT molecular complexity index is 636. The highest BCUT2D eigenvalue weighted by Gasteiger charge is 2.34. The SMILES string of the molecule is OC[C@H]1OC(c2ccccc2C=Cc2ccccc2)C[C@@H]1O. The first-order valence-corrected chi connectivity index (χ1v) is 7.54. The molecule has 3 rings (SSSR count). The molecular formula is C19H20O3. The Labute approximate surface area is 130 Å². The summed E-state index contributed by atoms with van der Waals surface area (Å²) in [5.41, 5.74) is 3.25. The van der Waals surface area contributed by atoms with E-state index >= 15 is 0 Å². The number of rotatable bonds is 4. The summed E-state index contributed by atoms with van der Waals surface area (Å²) in [6.07, 6.45) is 3.36. The van der Waals surface area contributed by atoms with Gasteiger partial charge in [-0.1, -0.05) is 66.7 Å². The van der Waals surface area contributed by atoms with Crippen molar-refractivity contribution >= 4 is 12.2 Å². The molecule has 3 heteroatoms. The molecule has 0 aromatic heterocycles. The lowest BCUT2D eigenvalue weighted by molar-refractivity contribution is -0.0226. The molecule has 0 radical (unpaired) electrons. The van der Waals surface area contributed by atoms with Crippen molar-refractivity contribution in [1.82, 2.24) is 0 Å². The van der Waals surface area contributed by atoms with E-state index in [1.807, 2.05) is 42.5 Å². The van der Waals surface area contributed by atoms with Crippen molar-refractivity contribution in [3.8, 4) is 0 Å². The second-order valence-corrected chi connectivity index (χ2v) is 5.52. The Hall–Kier alpha value is -1.94. The number of hydrogen-bond donors (Lipinski definition) is 2. The zero-order chi connectivity index (χ0) is 15.4. The Kier molecular flexibility index (Phi) is 4.68. The van der Waals surface area contributed by atoms with E-state index in [1.165, 1.54) is 0 Å². The normalized spacial score (nSPS) is 24.9. The van der Waals surface area contributed by atoms with E-state index in [1.54, 1.807) is 0 Å². The highest BCUT2D eigenvalue weighted by Crippen LogP contribution is 2.35. The lowest BCUT2D eigenvalue weighted by Gasteiger charge is -2.14. The van der Waals surface area contributed by atoms with Gasteiger partial charge in [0, 0.05) is 6.42 Å². The van der Waals surface area contributed by atoms with Gasteiger partial charge in [0.25, 0.3) is 0 Å². The number of benzene rings is 2. The third-order valence-corrected chi connectivity index (χ3v) is 4.00. The molecule has 0 saturated carbocycles. The maximum absolute atomic E-state index is 9.92. The molecule has 0 bridgehead atoms. The molecule has 1 aliphatic heterocycles. The highest BCUT2D eigenvalue weighted by atomic mass is 16.5. The van der Waals surface area contributed by atoms with E-state index in [4.69, 9.17) is 4.74 Å². The van der Waals surface area contributed by atoms with Crippen LogP contribution >= 0.6 is 0 Å². The van der Waals surface area contributed by atoms with Gasteiger partial charge in [-0.3, -0.25) is 0 Å². The van der Waals surface area contributed by atoms with Crippen LogP contribution in [0.2, 0.25) is 0 Å². The van der Waals surface area contributed by atoms with Crippen LogP contribution < -0.4 is 0 Å². The summed E-state index contributed by atoms with van der Waals surface area (Å²) in [4.78, 5) is 0. The van der Waals surface area contributed by atoms with Crippen molar-refractivity contribution in [2.45, 2.75) is 24.7 Å². The van der Waals surface area contributed by atoms with Crippen LogP contribution in [0.3, 0.4) is 0 Å². The number of aliphatic hydroxyl groups excluding tert-OH is 2. The smallest absolute Gasteiger partial charge is 0.107 e. The summed E-state index contributed by atoms with van der Waals surface area (Å²) >= 11 is 0. The summed E-state index contributed by atoms with van der Waals surface area (Å²) in [6, 6.07) is 18.1. The van der Waals surface area contributed by atoms with Gasteiger partial charge in [0.2, 0.25) is 0 Å². The van der Waals surface area contributed by atoms with Crippen LogP contribution in [0.25, 0.3) is 12.2 Å². The molecular weight excluding hydrogens is 276 g/mol. The Morgan fingerprint density at radius 2 is 1.73 bits per heavy atom. The zero-order valence-electron chi connectivity index (χ0n) is 12.3. The van der Waals surface area contributed by atoms with Gasteiger partial charge < -0.3 is 14.9 Å². The third kappa shape index (κ3) is 3.28. The monoisotopic (exact) mass is 296 g/mol. The second-order valence-electron chi connectivity index (χ2n) is 5.52. The average Bonchev–Trinajstić information content (AvgIpc) is 2.95. The van der Waals surface area contributed by atoms with Crippen molar-refractivity contribution < 1.29 is 14.9 Å². The molecule has 0 amide bonds. The first-order chi connectivity index (χ1) is 10.8. The van der Waals surface area contributed by atoms with Crippen LogP contribution in [-0.4, -0.2) is 29.0 Å². The molecule has 1 unspecified atom stereocenters. The molecule has 2 aromatic rings. The zero-order valence-corrected chi connectivity index (χ0v) is 12.3. The standard InChI is InChI=1S/C19H20O3/c20-13-19-17(21)12-18(22-19)16-9-5-4-8-15(16)11-10-14-6-2-1-3-7-14/h1-11,17-21H,12-13H2/t17-,18?,19+/m0/s1. The molecule has 2 N–H and O–H groups in total. The van der Waals surface area contributed by atoms with Gasteiger partial charge in [0.05, 0.1) is 18.8 Å². The molecule has 0 spiro atoms. The topological polar surface area (TPSA) is 49.7 Å². The van der Waals surface area contributed by atoms with Crippen LogP contribution in [0.4, 0.5) is 0 Å². The Morgan fingerprint density at radius 1 is 1.00 bits per heavy atom. The lowest BCUT2D eigenvalue weighted by Crippen LogP contribution is -2.24.